The first-order chi connectivity index (χ1) is 27.4. The number of pyridine rings is 1. The number of nitrogens with one attached hydrogen (secondary N) is 2. The minimum atomic E-state index is -1.01. The number of hydrogen-bond acceptors (Lipinski definition) is 11. The number of rotatable bonds is 11. The zero-order valence-electron chi connectivity index (χ0n) is 33.2. The second-order valence-corrected chi connectivity index (χ2v) is 15.3. The van der Waals surface area contributed by atoms with Crippen molar-refractivity contribution in [1.29, 1.82) is 0 Å². The van der Waals surface area contributed by atoms with Crippen LogP contribution in [0.25, 0.3) is 11.1 Å². The number of aromatic nitrogens is 1. The molecule has 4 aliphatic heterocycles. The maximum atomic E-state index is 13.4. The molecule has 6 amide bonds. The fourth-order valence-electron chi connectivity index (χ4n) is 8.36. The van der Waals surface area contributed by atoms with Gasteiger partial charge in [0.1, 0.15) is 17.5 Å². The molecule has 0 spiro atoms. The second-order valence-electron chi connectivity index (χ2n) is 15.3. The van der Waals surface area contributed by atoms with Crippen LogP contribution in [0.3, 0.4) is 0 Å². The van der Waals surface area contributed by atoms with Crippen LogP contribution in [0.4, 0.5) is 10.5 Å². The monoisotopic (exact) mass is 782 g/mol. The largest absolute Gasteiger partial charge is 0.496 e. The molecule has 16 nitrogen and oxygen atoms in total. The number of amides is 6. The Hall–Kier alpha value is -5.74. The van der Waals surface area contributed by atoms with Gasteiger partial charge in [-0.25, -0.2) is 4.79 Å². The molecule has 0 aliphatic carbocycles. The van der Waals surface area contributed by atoms with Crippen LogP contribution in [-0.2, 0) is 36.1 Å². The predicted molar refractivity (Wildman–Crippen MR) is 211 cm³/mol. The number of anilines is 1. The van der Waals surface area contributed by atoms with Gasteiger partial charge >= 0.3 is 6.03 Å². The number of urea groups is 1. The van der Waals surface area contributed by atoms with Crippen molar-refractivity contribution in [2.45, 2.75) is 51.2 Å². The van der Waals surface area contributed by atoms with Crippen molar-refractivity contribution in [2.24, 2.45) is 7.05 Å². The zero-order valence-corrected chi connectivity index (χ0v) is 33.2. The number of benzene rings is 2. The molecule has 5 heterocycles. The number of imide groups is 2. The molecule has 2 saturated heterocycles. The SMILES string of the molecule is COc1cc(-c2cn(C)c(=O)c3c2CCN(C(=O)NCCCN2CCCN(c4ccc5c(c4)C(=O)N(C4CCC(=O)NC4=O)C5=O)C2)C3)cc(OC)c1CN(C)C. The summed E-state index contributed by atoms with van der Waals surface area (Å²) in [6, 6.07) is 7.92. The average molecular weight is 783 g/mol. The first-order valence-electron chi connectivity index (χ1n) is 19.4. The third-order valence-corrected chi connectivity index (χ3v) is 11.2. The van der Waals surface area contributed by atoms with E-state index in [9.17, 15) is 28.8 Å². The molecule has 2 aromatic carbocycles. The highest BCUT2D eigenvalue weighted by molar-refractivity contribution is 6.23. The van der Waals surface area contributed by atoms with Gasteiger partial charge in [-0.3, -0.25) is 39.1 Å². The molecule has 7 rings (SSSR count). The number of methoxy groups -OCH3 is 2. The lowest BCUT2D eigenvalue weighted by Crippen LogP contribution is -2.54. The molecule has 0 radical (unpaired) electrons. The van der Waals surface area contributed by atoms with Crippen LogP contribution in [0.1, 0.15) is 63.1 Å². The lowest BCUT2D eigenvalue weighted by atomic mass is 9.91. The van der Waals surface area contributed by atoms with Gasteiger partial charge in [-0.05, 0) is 81.2 Å². The summed E-state index contributed by atoms with van der Waals surface area (Å²) in [5.41, 5.74) is 5.42. The van der Waals surface area contributed by atoms with Crippen LogP contribution in [0.5, 0.6) is 11.5 Å². The van der Waals surface area contributed by atoms with Gasteiger partial charge in [-0.15, -0.1) is 0 Å². The van der Waals surface area contributed by atoms with E-state index < -0.39 is 29.7 Å². The Bertz CT molecular complexity index is 2160. The summed E-state index contributed by atoms with van der Waals surface area (Å²) < 4.78 is 13.1. The number of aryl methyl sites for hydroxylation is 1. The van der Waals surface area contributed by atoms with Crippen LogP contribution in [0.2, 0.25) is 0 Å². The van der Waals surface area contributed by atoms with E-state index in [1.165, 1.54) is 0 Å². The summed E-state index contributed by atoms with van der Waals surface area (Å²) in [5, 5.41) is 5.28. The second kappa shape index (κ2) is 16.4. The minimum absolute atomic E-state index is 0.0676. The van der Waals surface area contributed by atoms with Gasteiger partial charge in [-0.1, -0.05) is 0 Å². The van der Waals surface area contributed by atoms with Gasteiger partial charge < -0.3 is 34.1 Å². The molecule has 1 atom stereocenters. The third kappa shape index (κ3) is 7.83. The van der Waals surface area contributed by atoms with Crippen molar-refractivity contribution >= 4 is 35.3 Å². The minimum Gasteiger partial charge on any atom is -0.496 e. The van der Waals surface area contributed by atoms with E-state index >= 15 is 0 Å². The van der Waals surface area contributed by atoms with Crippen molar-refractivity contribution in [3.63, 3.8) is 0 Å². The van der Waals surface area contributed by atoms with Gasteiger partial charge in [0.2, 0.25) is 11.8 Å². The molecule has 3 aromatic rings. The van der Waals surface area contributed by atoms with Crippen molar-refractivity contribution in [3.8, 4) is 22.6 Å². The van der Waals surface area contributed by atoms with E-state index in [-0.39, 0.29) is 42.1 Å². The molecule has 0 bridgehead atoms. The first-order valence-corrected chi connectivity index (χ1v) is 19.4. The molecule has 2 fully saturated rings. The van der Waals surface area contributed by atoms with Gasteiger partial charge in [0.25, 0.3) is 17.4 Å². The molecular formula is C41H50N8O8. The van der Waals surface area contributed by atoms with E-state index in [4.69, 9.17) is 9.47 Å². The number of carbonyl (C=O) groups excluding carboxylic acids is 5. The summed E-state index contributed by atoms with van der Waals surface area (Å²) >= 11 is 0. The van der Waals surface area contributed by atoms with Crippen molar-refractivity contribution in [3.05, 3.63) is 74.7 Å². The van der Waals surface area contributed by atoms with Gasteiger partial charge in [0, 0.05) is 75.7 Å². The van der Waals surface area contributed by atoms with E-state index in [2.05, 4.69) is 20.4 Å². The van der Waals surface area contributed by atoms with Crippen LogP contribution >= 0.6 is 0 Å². The third-order valence-electron chi connectivity index (χ3n) is 11.2. The summed E-state index contributed by atoms with van der Waals surface area (Å²) in [6.45, 7) is 4.75. The Morgan fingerprint density at radius 1 is 0.912 bits per heavy atom. The number of piperidine rings is 1. The summed E-state index contributed by atoms with van der Waals surface area (Å²) in [7, 11) is 8.97. The quantitative estimate of drug-likeness (QED) is 0.216. The molecule has 4 aliphatic rings. The molecule has 1 aromatic heterocycles. The van der Waals surface area contributed by atoms with Crippen molar-refractivity contribution in [1.82, 2.24) is 34.8 Å². The molecule has 1 unspecified atom stereocenters. The molecule has 302 valence electrons. The number of nitrogens with zero attached hydrogens (tertiary/aromatic N) is 6. The molecule has 57 heavy (non-hydrogen) atoms. The molecule has 2 N–H and O–H groups in total. The Morgan fingerprint density at radius 3 is 2.35 bits per heavy atom. The maximum absolute atomic E-state index is 13.4. The van der Waals surface area contributed by atoms with Crippen LogP contribution < -0.4 is 30.6 Å². The highest BCUT2D eigenvalue weighted by atomic mass is 16.5. The highest BCUT2D eigenvalue weighted by Gasteiger charge is 2.45. The summed E-state index contributed by atoms with van der Waals surface area (Å²) in [4.78, 5) is 86.6. The lowest BCUT2D eigenvalue weighted by Gasteiger charge is -2.37. The smallest absolute Gasteiger partial charge is 0.317 e. The normalized spacial score (nSPS) is 18.5. The standard InChI is InChI=1S/C41H50N8O8/c1-44(2)21-32-34(56-4)18-25(19-35(32)57-5)30-22-45(3)38(52)31-23-47(17-12-27(30)31)41(55)42-13-6-14-46-15-7-16-48(24-46)26-8-9-28-29(20-26)40(54)49(39(28)53)33-10-11-36(50)43-37(33)51/h8-9,18-20,22,33H,6-7,10-17,21,23-24H2,1-5H3,(H,42,55)(H,43,50,51). The van der Waals surface area contributed by atoms with Crippen LogP contribution in [0, 0.1) is 0 Å². The summed E-state index contributed by atoms with van der Waals surface area (Å²) in [6.07, 6.45) is 4.15. The lowest BCUT2D eigenvalue weighted by molar-refractivity contribution is -0.136. The van der Waals surface area contributed by atoms with E-state index in [0.29, 0.717) is 56.2 Å². The fourth-order valence-corrected chi connectivity index (χ4v) is 8.36. The Kier molecular flexibility index (Phi) is 11.4. The number of hydrogen-bond donors (Lipinski definition) is 2. The predicted octanol–water partition coefficient (Wildman–Crippen LogP) is 2.16. The highest BCUT2D eigenvalue weighted by Crippen LogP contribution is 2.38. The van der Waals surface area contributed by atoms with Gasteiger partial charge in [0.05, 0.1) is 44.1 Å². The molecular weight excluding hydrogens is 732 g/mol. The van der Waals surface area contributed by atoms with E-state index in [1.54, 1.807) is 42.9 Å². The number of ether oxygens (including phenoxy) is 2. The molecule has 16 heteroatoms. The maximum Gasteiger partial charge on any atom is 0.317 e. The first kappa shape index (κ1) is 39.5. The van der Waals surface area contributed by atoms with Crippen LogP contribution in [-0.4, -0.2) is 128 Å². The Morgan fingerprint density at radius 2 is 1.65 bits per heavy atom. The molecule has 0 saturated carbocycles. The summed E-state index contributed by atoms with van der Waals surface area (Å²) in [5.74, 6) is -0.695. The van der Waals surface area contributed by atoms with Gasteiger partial charge in [0.15, 0.2) is 0 Å². The Balaban J connectivity index is 0.947. The van der Waals surface area contributed by atoms with E-state index in [1.807, 2.05) is 43.4 Å². The zero-order chi connectivity index (χ0) is 40.5. The number of fused-ring (bicyclic) bond motifs is 2. The van der Waals surface area contributed by atoms with Crippen molar-refractivity contribution < 1.29 is 33.4 Å². The van der Waals surface area contributed by atoms with Crippen LogP contribution in [0.15, 0.2) is 41.3 Å². The van der Waals surface area contributed by atoms with Crippen molar-refractivity contribution in [2.75, 3.05) is 72.6 Å². The average Bonchev–Trinajstić information content (AvgIpc) is 3.45. The Labute approximate surface area is 331 Å². The topological polar surface area (TPSA) is 166 Å². The fraction of sp³-hybridized carbons (Fsp3) is 0.463. The number of carbonyl (C=O) groups is 5. The van der Waals surface area contributed by atoms with E-state index in [0.717, 1.165) is 58.9 Å². The van der Waals surface area contributed by atoms with Gasteiger partial charge in [-0.2, -0.15) is 0 Å².